The predicted octanol–water partition coefficient (Wildman–Crippen LogP) is 0.123. The first-order valence-electron chi connectivity index (χ1n) is 3.64. The molecule has 0 fully saturated rings. The first-order chi connectivity index (χ1) is 6.63. The Kier molecular flexibility index (Phi) is 3.98. The number of hydrogen-bond donors (Lipinski definition) is 2. The molecule has 0 spiro atoms. The molecule has 0 aliphatic heterocycles. The smallest absolute Gasteiger partial charge is 0.350 e. The maximum Gasteiger partial charge on any atom is 0.350 e. The van der Waals surface area contributed by atoms with Crippen LogP contribution in [0, 0.1) is 0 Å². The van der Waals surface area contributed by atoms with Crippen molar-refractivity contribution < 1.29 is 9.90 Å². The predicted molar refractivity (Wildman–Crippen MR) is 57.8 cm³/mol. The number of carboxylic acids is 1. The molecule has 0 saturated heterocycles. The monoisotopic (exact) mass is 233 g/mol. The summed E-state index contributed by atoms with van der Waals surface area (Å²) < 4.78 is 1.03. The minimum Gasteiger partial charge on any atom is -0.480 e. The zero-order valence-electron chi connectivity index (χ0n) is 7.10. The van der Waals surface area contributed by atoms with Crippen molar-refractivity contribution in [2.45, 2.75) is 6.54 Å². The lowest BCUT2D eigenvalue weighted by molar-refractivity contribution is -0.137. The molecule has 1 rings (SSSR count). The van der Waals surface area contributed by atoms with Gasteiger partial charge < -0.3 is 10.2 Å². The van der Waals surface area contributed by atoms with Crippen molar-refractivity contribution in [2.75, 3.05) is 5.09 Å². The Balaban J connectivity index is 2.90. The molecule has 0 aliphatic carbocycles. The Morgan fingerprint density at radius 3 is 3.00 bits per heavy atom. The highest BCUT2D eigenvalue weighted by Crippen LogP contribution is 2.20. The van der Waals surface area contributed by atoms with Crippen LogP contribution in [0.5, 0.6) is 0 Å². The van der Waals surface area contributed by atoms with Gasteiger partial charge in [-0.1, -0.05) is 8.93 Å². The number of carbonyl (C=O) groups is 1. The van der Waals surface area contributed by atoms with E-state index >= 15 is 0 Å². The van der Waals surface area contributed by atoms with Crippen molar-refractivity contribution in [3.05, 3.63) is 22.7 Å². The molecule has 1 aromatic heterocycles. The zero-order valence-corrected chi connectivity index (χ0v) is 9.25. The molecule has 0 bridgehead atoms. The molecular weight excluding hydrogens is 224 g/mol. The van der Waals surface area contributed by atoms with Crippen LogP contribution in [-0.4, -0.2) is 20.6 Å². The fourth-order valence-corrected chi connectivity index (χ4v) is 1.57. The molecule has 8 heteroatoms. The summed E-state index contributed by atoms with van der Waals surface area (Å²) in [6.07, 6.45) is 1.40. The summed E-state index contributed by atoms with van der Waals surface area (Å²) in [6, 6.07) is 1.56. The van der Waals surface area contributed by atoms with Gasteiger partial charge in [0.1, 0.15) is 12.4 Å². The highest BCUT2D eigenvalue weighted by Gasteiger charge is 2.02. The molecule has 0 aliphatic rings. The minimum absolute atomic E-state index is 0.364. The van der Waals surface area contributed by atoms with Crippen LogP contribution in [-0.2, 0) is 11.3 Å². The molecule has 2 unspecified atom stereocenters. The normalized spacial score (nSPS) is 10.6. The van der Waals surface area contributed by atoms with Gasteiger partial charge in [0.15, 0.2) is 0 Å². The van der Waals surface area contributed by atoms with E-state index in [4.69, 9.17) is 5.11 Å². The quantitative estimate of drug-likeness (QED) is 0.721. The number of nitrogens with zero attached hydrogens (tertiary/aromatic N) is 2. The SMILES string of the molecule is O=C(O)Cn1ccc(NPP)nc1=O. The van der Waals surface area contributed by atoms with Crippen LogP contribution in [0.15, 0.2) is 17.1 Å². The Bertz CT molecular complexity index is 392. The summed E-state index contributed by atoms with van der Waals surface area (Å²) in [5, 5.41) is 11.3. The molecular formula is C6H9N3O3P2. The summed E-state index contributed by atoms with van der Waals surface area (Å²) in [5.41, 5.74) is -0.569. The van der Waals surface area contributed by atoms with E-state index < -0.39 is 11.7 Å². The number of nitrogens with one attached hydrogen (secondary N) is 1. The van der Waals surface area contributed by atoms with Gasteiger partial charge in [0.05, 0.1) is 0 Å². The molecule has 14 heavy (non-hydrogen) atoms. The summed E-state index contributed by atoms with van der Waals surface area (Å²) >= 11 is 0. The van der Waals surface area contributed by atoms with E-state index in [-0.39, 0.29) is 6.54 Å². The van der Waals surface area contributed by atoms with Crippen molar-refractivity contribution in [2.24, 2.45) is 0 Å². The van der Waals surface area contributed by atoms with E-state index in [0.717, 1.165) is 4.57 Å². The first kappa shape index (κ1) is 11.1. The Morgan fingerprint density at radius 1 is 1.79 bits per heavy atom. The fraction of sp³-hybridized carbons (Fsp3) is 0.167. The number of hydrogen-bond acceptors (Lipinski definition) is 4. The van der Waals surface area contributed by atoms with Crippen LogP contribution in [0.4, 0.5) is 5.82 Å². The molecule has 0 amide bonds. The fourth-order valence-electron chi connectivity index (χ4n) is 0.838. The van der Waals surface area contributed by atoms with Crippen molar-refractivity contribution in [1.29, 1.82) is 0 Å². The highest BCUT2D eigenvalue weighted by atomic mass is 32.0. The van der Waals surface area contributed by atoms with Crippen LogP contribution in [0.1, 0.15) is 0 Å². The summed E-state index contributed by atoms with van der Waals surface area (Å²) in [6.45, 7) is -0.366. The number of anilines is 1. The Labute approximate surface area is 83.7 Å². The number of carboxylic acid groups (broad SMARTS) is 1. The third-order valence-electron chi connectivity index (χ3n) is 1.38. The van der Waals surface area contributed by atoms with Crippen LogP contribution >= 0.6 is 17.3 Å². The maximum absolute atomic E-state index is 11.2. The van der Waals surface area contributed by atoms with Gasteiger partial charge in [-0.3, -0.25) is 9.36 Å². The van der Waals surface area contributed by atoms with Crippen LogP contribution in [0.25, 0.3) is 0 Å². The number of aromatic nitrogens is 2. The lowest BCUT2D eigenvalue weighted by Gasteiger charge is -2.03. The van der Waals surface area contributed by atoms with Crippen molar-refractivity contribution in [1.82, 2.24) is 9.55 Å². The summed E-state index contributed by atoms with van der Waals surface area (Å²) in [5.74, 6) is -0.618. The van der Waals surface area contributed by atoms with Gasteiger partial charge >= 0.3 is 11.7 Å². The molecule has 1 aromatic rings. The standard InChI is InChI=1S/C6H9N3O3P2/c10-5(11)3-9-2-1-4(8-14-13)7-6(9)12/h1-2,14H,3,13H2,(H,10,11)(H,7,8,12). The van der Waals surface area contributed by atoms with Crippen LogP contribution < -0.4 is 10.8 Å². The largest absolute Gasteiger partial charge is 0.480 e. The average molecular weight is 233 g/mol. The van der Waals surface area contributed by atoms with E-state index in [0.29, 0.717) is 14.2 Å². The second-order valence-electron chi connectivity index (χ2n) is 2.39. The molecule has 2 N–H and O–H groups in total. The molecule has 0 saturated carbocycles. The lowest BCUT2D eigenvalue weighted by Crippen LogP contribution is -2.25. The zero-order chi connectivity index (χ0) is 10.6. The van der Waals surface area contributed by atoms with E-state index in [2.05, 4.69) is 19.0 Å². The highest BCUT2D eigenvalue weighted by molar-refractivity contribution is 8.03. The van der Waals surface area contributed by atoms with Gasteiger partial charge in [0, 0.05) is 6.20 Å². The average Bonchev–Trinajstić information content (AvgIpc) is 2.10. The topological polar surface area (TPSA) is 84.2 Å². The van der Waals surface area contributed by atoms with Crippen LogP contribution in [0.2, 0.25) is 0 Å². The van der Waals surface area contributed by atoms with Crippen LogP contribution in [0.3, 0.4) is 0 Å². The molecule has 6 nitrogen and oxygen atoms in total. The molecule has 1 heterocycles. The molecule has 76 valence electrons. The van der Waals surface area contributed by atoms with Gasteiger partial charge in [0.25, 0.3) is 0 Å². The van der Waals surface area contributed by atoms with Gasteiger partial charge in [-0.25, -0.2) is 4.79 Å². The van der Waals surface area contributed by atoms with Gasteiger partial charge in [0.2, 0.25) is 0 Å². The van der Waals surface area contributed by atoms with Crippen molar-refractivity contribution in [3.8, 4) is 0 Å². The Hall–Kier alpha value is -0.990. The molecule has 0 aromatic carbocycles. The molecule has 0 radical (unpaired) electrons. The first-order valence-corrected chi connectivity index (χ1v) is 6.45. The second kappa shape index (κ2) is 5.03. The Morgan fingerprint density at radius 2 is 2.50 bits per heavy atom. The van der Waals surface area contributed by atoms with Crippen molar-refractivity contribution >= 4 is 29.1 Å². The van der Waals surface area contributed by atoms with E-state index in [1.165, 1.54) is 6.20 Å². The lowest BCUT2D eigenvalue weighted by atomic mass is 10.5. The van der Waals surface area contributed by atoms with Gasteiger partial charge in [-0.15, -0.1) is 0 Å². The van der Waals surface area contributed by atoms with Gasteiger partial charge in [-0.05, 0) is 14.5 Å². The third-order valence-corrected chi connectivity index (χ3v) is 2.21. The number of aliphatic carboxylic acids is 1. The second-order valence-corrected chi connectivity index (χ2v) is 3.79. The third kappa shape index (κ3) is 3.05. The van der Waals surface area contributed by atoms with E-state index in [1.54, 1.807) is 6.07 Å². The number of rotatable bonds is 4. The van der Waals surface area contributed by atoms with Gasteiger partial charge in [-0.2, -0.15) is 4.98 Å². The van der Waals surface area contributed by atoms with E-state index in [9.17, 15) is 9.59 Å². The summed E-state index contributed by atoms with van der Waals surface area (Å²) in [7, 11) is 2.82. The van der Waals surface area contributed by atoms with E-state index in [1.807, 2.05) is 0 Å². The summed E-state index contributed by atoms with van der Waals surface area (Å²) in [4.78, 5) is 25.2. The van der Waals surface area contributed by atoms with Crippen molar-refractivity contribution in [3.63, 3.8) is 0 Å². The minimum atomic E-state index is -1.07. The molecule has 2 atom stereocenters. The maximum atomic E-state index is 11.2.